The van der Waals surface area contributed by atoms with E-state index < -0.39 is 30.0 Å². The van der Waals surface area contributed by atoms with Crippen LogP contribution in [0, 0.1) is 5.92 Å². The second kappa shape index (κ2) is 6.75. The molecular formula is C13H21N3O5. The van der Waals surface area contributed by atoms with Crippen LogP contribution in [0.1, 0.15) is 19.8 Å². The van der Waals surface area contributed by atoms with Crippen LogP contribution in [0.3, 0.4) is 0 Å². The first-order valence-corrected chi connectivity index (χ1v) is 7.15. The monoisotopic (exact) mass is 299 g/mol. The Kier molecular flexibility index (Phi) is 5.00. The van der Waals surface area contributed by atoms with Crippen molar-refractivity contribution in [1.29, 1.82) is 0 Å². The van der Waals surface area contributed by atoms with E-state index in [0.717, 1.165) is 25.9 Å². The van der Waals surface area contributed by atoms with E-state index in [0.29, 0.717) is 0 Å². The normalized spacial score (nSPS) is 26.4. The highest BCUT2D eigenvalue weighted by Gasteiger charge is 2.35. The van der Waals surface area contributed by atoms with Crippen LogP contribution in [0.15, 0.2) is 0 Å². The molecule has 0 bridgehead atoms. The number of hydrogen-bond acceptors (Lipinski definition) is 4. The van der Waals surface area contributed by atoms with E-state index in [2.05, 4.69) is 10.6 Å². The van der Waals surface area contributed by atoms with Gasteiger partial charge in [0, 0.05) is 13.1 Å². The van der Waals surface area contributed by atoms with Crippen molar-refractivity contribution >= 4 is 17.9 Å². The standard InChI is InChI=1S/C13H21N3O5/c1-8(11(17)16-4-2-3-5-16)14-13(20)15-10-7-21-6-9(10)12(18)19/h8-10H,2-7H2,1H3,(H,18,19)(H2,14,15,20). The summed E-state index contributed by atoms with van der Waals surface area (Å²) in [5.74, 6) is -1.86. The molecule has 3 amide bonds. The fourth-order valence-corrected chi connectivity index (χ4v) is 2.62. The lowest BCUT2D eigenvalue weighted by Crippen LogP contribution is -2.53. The summed E-state index contributed by atoms with van der Waals surface area (Å²) in [7, 11) is 0. The maximum absolute atomic E-state index is 12.1. The zero-order chi connectivity index (χ0) is 15.4. The van der Waals surface area contributed by atoms with Gasteiger partial charge in [0.2, 0.25) is 5.91 Å². The molecule has 0 aromatic heterocycles. The third-order valence-electron chi connectivity index (χ3n) is 3.85. The van der Waals surface area contributed by atoms with Crippen molar-refractivity contribution in [2.24, 2.45) is 5.92 Å². The number of carboxylic acids is 1. The number of ether oxygens (including phenoxy) is 1. The zero-order valence-corrected chi connectivity index (χ0v) is 12.0. The Morgan fingerprint density at radius 2 is 1.90 bits per heavy atom. The van der Waals surface area contributed by atoms with E-state index >= 15 is 0 Å². The molecule has 3 atom stereocenters. The van der Waals surface area contributed by atoms with Crippen molar-refractivity contribution < 1.29 is 24.2 Å². The lowest BCUT2D eigenvalue weighted by molar-refractivity contribution is -0.142. The van der Waals surface area contributed by atoms with Gasteiger partial charge in [0.15, 0.2) is 0 Å². The van der Waals surface area contributed by atoms with Gasteiger partial charge >= 0.3 is 12.0 Å². The molecule has 2 fully saturated rings. The summed E-state index contributed by atoms with van der Waals surface area (Å²) >= 11 is 0. The summed E-state index contributed by atoms with van der Waals surface area (Å²) in [5.41, 5.74) is 0. The molecule has 8 nitrogen and oxygen atoms in total. The summed E-state index contributed by atoms with van der Waals surface area (Å²) in [6, 6.07) is -1.75. The van der Waals surface area contributed by atoms with Crippen LogP contribution in [-0.2, 0) is 14.3 Å². The van der Waals surface area contributed by atoms with Crippen molar-refractivity contribution in [3.05, 3.63) is 0 Å². The average molecular weight is 299 g/mol. The quantitative estimate of drug-likeness (QED) is 0.642. The molecule has 2 aliphatic rings. The maximum atomic E-state index is 12.1. The van der Waals surface area contributed by atoms with E-state index in [4.69, 9.17) is 9.84 Å². The number of carboxylic acid groups (broad SMARTS) is 1. The first-order chi connectivity index (χ1) is 9.99. The first kappa shape index (κ1) is 15.6. The van der Waals surface area contributed by atoms with E-state index in [1.807, 2.05) is 0 Å². The third-order valence-corrected chi connectivity index (χ3v) is 3.85. The minimum absolute atomic E-state index is 0.0859. The Bertz CT molecular complexity index is 422. The van der Waals surface area contributed by atoms with Gasteiger partial charge in [0.05, 0.1) is 19.3 Å². The van der Waals surface area contributed by atoms with Crippen LogP contribution >= 0.6 is 0 Å². The molecule has 2 heterocycles. The molecule has 0 aromatic rings. The number of carbonyl (C=O) groups excluding carboxylic acids is 2. The molecule has 8 heteroatoms. The lowest BCUT2D eigenvalue weighted by atomic mass is 10.0. The van der Waals surface area contributed by atoms with Crippen LogP contribution in [0.25, 0.3) is 0 Å². The molecule has 118 valence electrons. The molecule has 0 spiro atoms. The van der Waals surface area contributed by atoms with Gasteiger partial charge in [-0.2, -0.15) is 0 Å². The maximum Gasteiger partial charge on any atom is 0.315 e. The molecule has 2 aliphatic heterocycles. The van der Waals surface area contributed by atoms with E-state index in [9.17, 15) is 14.4 Å². The van der Waals surface area contributed by atoms with Crippen LogP contribution in [0.2, 0.25) is 0 Å². The summed E-state index contributed by atoms with van der Waals surface area (Å²) in [4.78, 5) is 36.6. The highest BCUT2D eigenvalue weighted by Crippen LogP contribution is 2.14. The average Bonchev–Trinajstić information content (AvgIpc) is 3.08. The summed E-state index contributed by atoms with van der Waals surface area (Å²) in [6.45, 7) is 3.33. The minimum atomic E-state index is -1.00. The van der Waals surface area contributed by atoms with Crippen molar-refractivity contribution in [3.8, 4) is 0 Å². The summed E-state index contributed by atoms with van der Waals surface area (Å²) in [6.07, 6.45) is 1.98. The number of urea groups is 1. The first-order valence-electron chi connectivity index (χ1n) is 7.15. The molecule has 0 aromatic carbocycles. The van der Waals surface area contributed by atoms with Crippen LogP contribution in [0.4, 0.5) is 4.79 Å². The molecular weight excluding hydrogens is 278 g/mol. The third kappa shape index (κ3) is 3.84. The Labute approximate surface area is 122 Å². The van der Waals surface area contributed by atoms with Gasteiger partial charge < -0.3 is 25.4 Å². The fraction of sp³-hybridized carbons (Fsp3) is 0.769. The van der Waals surface area contributed by atoms with Gasteiger partial charge in [0.1, 0.15) is 12.0 Å². The Balaban J connectivity index is 1.80. The van der Waals surface area contributed by atoms with Gasteiger partial charge in [-0.05, 0) is 19.8 Å². The smallest absolute Gasteiger partial charge is 0.315 e. The van der Waals surface area contributed by atoms with Crippen LogP contribution < -0.4 is 10.6 Å². The van der Waals surface area contributed by atoms with Crippen LogP contribution in [-0.4, -0.2) is 66.3 Å². The highest BCUT2D eigenvalue weighted by molar-refractivity contribution is 5.87. The van der Waals surface area contributed by atoms with Gasteiger partial charge in [-0.25, -0.2) is 4.79 Å². The predicted molar refractivity (Wildman–Crippen MR) is 72.7 cm³/mol. The number of aliphatic carboxylic acids is 1. The number of likely N-dealkylation sites (tertiary alicyclic amines) is 1. The highest BCUT2D eigenvalue weighted by atomic mass is 16.5. The number of rotatable bonds is 4. The number of carbonyl (C=O) groups is 3. The van der Waals surface area contributed by atoms with Gasteiger partial charge in [0.25, 0.3) is 0 Å². The molecule has 2 rings (SSSR count). The second-order valence-corrected chi connectivity index (χ2v) is 5.46. The summed E-state index contributed by atoms with van der Waals surface area (Å²) in [5, 5.41) is 14.1. The molecule has 2 saturated heterocycles. The topological polar surface area (TPSA) is 108 Å². The van der Waals surface area contributed by atoms with E-state index in [1.54, 1.807) is 11.8 Å². The second-order valence-electron chi connectivity index (χ2n) is 5.46. The number of nitrogens with zero attached hydrogens (tertiary/aromatic N) is 1. The Morgan fingerprint density at radius 3 is 2.52 bits per heavy atom. The fourth-order valence-electron chi connectivity index (χ4n) is 2.62. The number of hydrogen-bond donors (Lipinski definition) is 3. The Morgan fingerprint density at radius 1 is 1.24 bits per heavy atom. The molecule has 21 heavy (non-hydrogen) atoms. The number of amides is 3. The van der Waals surface area contributed by atoms with Crippen molar-refractivity contribution in [3.63, 3.8) is 0 Å². The minimum Gasteiger partial charge on any atom is -0.481 e. The molecule has 3 N–H and O–H groups in total. The molecule has 0 saturated carbocycles. The largest absolute Gasteiger partial charge is 0.481 e. The Hall–Kier alpha value is -1.83. The van der Waals surface area contributed by atoms with Crippen molar-refractivity contribution in [1.82, 2.24) is 15.5 Å². The van der Waals surface area contributed by atoms with E-state index in [-0.39, 0.29) is 19.1 Å². The van der Waals surface area contributed by atoms with Crippen molar-refractivity contribution in [2.45, 2.75) is 31.8 Å². The van der Waals surface area contributed by atoms with Crippen molar-refractivity contribution in [2.75, 3.05) is 26.3 Å². The SMILES string of the molecule is CC(NC(=O)NC1COCC1C(=O)O)C(=O)N1CCCC1. The van der Waals surface area contributed by atoms with E-state index in [1.165, 1.54) is 0 Å². The van der Waals surface area contributed by atoms with Gasteiger partial charge in [-0.1, -0.05) is 0 Å². The van der Waals surface area contributed by atoms with Gasteiger partial charge in [-0.3, -0.25) is 9.59 Å². The molecule has 0 aliphatic carbocycles. The molecule has 3 unspecified atom stereocenters. The number of nitrogens with one attached hydrogen (secondary N) is 2. The lowest BCUT2D eigenvalue weighted by Gasteiger charge is -2.22. The molecule has 0 radical (unpaired) electrons. The van der Waals surface area contributed by atoms with Crippen LogP contribution in [0.5, 0.6) is 0 Å². The van der Waals surface area contributed by atoms with Gasteiger partial charge in [-0.15, -0.1) is 0 Å². The predicted octanol–water partition coefficient (Wildman–Crippen LogP) is -0.604. The zero-order valence-electron chi connectivity index (χ0n) is 12.0. The summed E-state index contributed by atoms with van der Waals surface area (Å²) < 4.78 is 5.07.